The number of amides is 2. The molecule has 19 heteroatoms. The molecule has 0 bridgehead atoms. The number of carboxylic acids is 1. The molecule has 2 amide bonds. The minimum absolute atomic E-state index is 0.000883. The summed E-state index contributed by atoms with van der Waals surface area (Å²) >= 11 is 23.9. The van der Waals surface area contributed by atoms with Crippen molar-refractivity contribution < 1.29 is 61.9 Å². The summed E-state index contributed by atoms with van der Waals surface area (Å²) in [4.78, 5) is 63.8. The van der Waals surface area contributed by atoms with Crippen LogP contribution in [0.5, 0.6) is 28.7 Å². The maximum Gasteiger partial charge on any atom is 0.346 e. The van der Waals surface area contributed by atoms with E-state index >= 15 is 0 Å². The maximum atomic E-state index is 14.5. The molecule has 0 radical (unpaired) electrons. The largest absolute Gasteiger partial charge is 0.480 e. The number of anilines is 1. The van der Waals surface area contributed by atoms with E-state index in [0.717, 1.165) is 48.5 Å². The highest BCUT2D eigenvalue weighted by molar-refractivity contribution is 6.36. The van der Waals surface area contributed by atoms with Crippen LogP contribution in [0.25, 0.3) is 10.9 Å². The quantitative estimate of drug-likeness (QED) is 0.0562. The van der Waals surface area contributed by atoms with Crippen LogP contribution in [0.1, 0.15) is 58.8 Å². The van der Waals surface area contributed by atoms with Crippen LogP contribution in [0.15, 0.2) is 96.2 Å². The molecule has 1 atom stereocenters. The molecule has 1 unspecified atom stereocenters. The van der Waals surface area contributed by atoms with Crippen molar-refractivity contribution in [1.82, 2.24) is 4.98 Å². The smallest absolute Gasteiger partial charge is 0.346 e. The number of imide groups is 1. The van der Waals surface area contributed by atoms with Gasteiger partial charge in [0.2, 0.25) is 0 Å². The van der Waals surface area contributed by atoms with Crippen LogP contribution < -0.4 is 23.8 Å². The number of ether oxygens (including phenoxy) is 6. The van der Waals surface area contributed by atoms with Gasteiger partial charge in [0.05, 0.1) is 34.5 Å². The predicted molar refractivity (Wildman–Crippen MR) is 250 cm³/mol. The Morgan fingerprint density at radius 1 is 0.791 bits per heavy atom. The van der Waals surface area contributed by atoms with Gasteiger partial charge in [0, 0.05) is 33.8 Å². The number of aliphatic carboxylic acids is 1. The Labute approximate surface area is 405 Å². The van der Waals surface area contributed by atoms with Gasteiger partial charge in [-0.1, -0.05) is 66.2 Å². The number of pyridine rings is 1. The molecule has 67 heavy (non-hydrogen) atoms. The molecule has 0 spiro atoms. The van der Waals surface area contributed by atoms with Gasteiger partial charge in [-0.05, 0) is 112 Å². The summed E-state index contributed by atoms with van der Waals surface area (Å²) in [5.41, 5.74) is 1.24. The van der Waals surface area contributed by atoms with Crippen molar-refractivity contribution in [3.05, 3.63) is 122 Å². The van der Waals surface area contributed by atoms with Crippen LogP contribution in [-0.4, -0.2) is 72.8 Å². The molecule has 4 aromatic carbocycles. The standard InChI is InChI=1S/C21H23ClFNO5.C16H14Cl2O4.C11H8ClNO3/c1-2-3-6-9-28-19(25)12-29-18-11-17(16(23)10-15(18)22)24-20(26)13-7-4-5-8-14(13)21(24)27;1-10(16(19)20-2)21-12-4-6-13(7-5-12)22-15-8-3-11(17)9-14(15)18;12-8-3-4-9(16-6-10(14)15)11-7(8)2-1-5-13-11/h10-11H,2-9,12H2,1H3;3-10H,1-2H3;1-5H,6H2,(H,14,15). The van der Waals surface area contributed by atoms with Gasteiger partial charge in [-0.15, -0.1) is 0 Å². The molecular weight excluding hydrogens is 957 g/mol. The number of carbonyl (C=O) groups excluding carboxylic acids is 4. The number of halogens is 5. The molecule has 0 saturated carbocycles. The third-order valence-electron chi connectivity index (χ3n) is 9.81. The number of carboxylic acid groups (broad SMARTS) is 1. The summed E-state index contributed by atoms with van der Waals surface area (Å²) in [6, 6.07) is 20.8. The fourth-order valence-electron chi connectivity index (χ4n) is 6.53. The van der Waals surface area contributed by atoms with Gasteiger partial charge >= 0.3 is 17.9 Å². The molecule has 0 saturated heterocycles. The van der Waals surface area contributed by atoms with E-state index in [9.17, 15) is 28.4 Å². The lowest BCUT2D eigenvalue weighted by atomic mass is 9.93. The van der Waals surface area contributed by atoms with E-state index in [4.69, 9.17) is 75.2 Å². The zero-order chi connectivity index (χ0) is 48.6. The van der Waals surface area contributed by atoms with E-state index in [0.29, 0.717) is 74.2 Å². The lowest BCUT2D eigenvalue weighted by molar-refractivity contribution is -0.148. The number of aromatic nitrogens is 1. The van der Waals surface area contributed by atoms with Gasteiger partial charge in [-0.3, -0.25) is 14.6 Å². The monoisotopic (exact) mass is 1000 g/mol. The first-order valence-electron chi connectivity index (χ1n) is 20.8. The molecule has 1 aliphatic carbocycles. The number of fused-ring (bicyclic) bond motifs is 1. The first-order chi connectivity index (χ1) is 32.1. The second-order valence-electron chi connectivity index (χ2n) is 14.6. The normalized spacial score (nSPS) is 13.3. The minimum atomic E-state index is -1.03. The van der Waals surface area contributed by atoms with Crippen LogP contribution in [0.4, 0.5) is 10.1 Å². The zero-order valence-electron chi connectivity index (χ0n) is 36.5. The highest BCUT2D eigenvalue weighted by Crippen LogP contribution is 2.40. The molecule has 1 aromatic heterocycles. The molecule has 1 aliphatic heterocycles. The van der Waals surface area contributed by atoms with Gasteiger partial charge in [0.25, 0.3) is 11.8 Å². The molecule has 0 fully saturated rings. The Morgan fingerprint density at radius 3 is 2.07 bits per heavy atom. The first-order valence-corrected chi connectivity index (χ1v) is 22.4. The van der Waals surface area contributed by atoms with Gasteiger partial charge in [-0.25, -0.2) is 23.7 Å². The van der Waals surface area contributed by atoms with Crippen LogP contribution in [0.2, 0.25) is 20.1 Å². The average molecular weight is 1000 g/mol. The fourth-order valence-corrected chi connectivity index (χ4v) is 7.40. The predicted octanol–water partition coefficient (Wildman–Crippen LogP) is 11.4. The lowest BCUT2D eigenvalue weighted by Gasteiger charge is -2.18. The van der Waals surface area contributed by atoms with Crippen LogP contribution >= 0.6 is 46.4 Å². The molecule has 2 heterocycles. The van der Waals surface area contributed by atoms with Crippen molar-refractivity contribution in [2.75, 3.05) is 31.8 Å². The summed E-state index contributed by atoms with van der Waals surface area (Å²) < 4.78 is 45.8. The van der Waals surface area contributed by atoms with Crippen molar-refractivity contribution in [3.8, 4) is 28.7 Å². The summed E-state index contributed by atoms with van der Waals surface area (Å²) in [6.07, 6.45) is 6.32. The number of unbranched alkanes of at least 4 members (excludes halogenated alkanes) is 2. The van der Waals surface area contributed by atoms with Gasteiger partial charge in [-0.2, -0.15) is 0 Å². The SMILES string of the molecule is CCCCCOC(=O)COc1cc(N2C(=O)C3=C(CCCC3)C2=O)c(F)cc1Cl.COC(=O)C(C)Oc1ccc(Oc2ccc(Cl)cc2Cl)cc1.O=C(O)COc1ccc(Cl)c2cccnc12. The number of hydrogen-bond donors (Lipinski definition) is 1. The topological polar surface area (TPSA) is 177 Å². The van der Waals surface area contributed by atoms with Gasteiger partial charge < -0.3 is 33.5 Å². The van der Waals surface area contributed by atoms with Crippen molar-refractivity contribution in [2.45, 2.75) is 64.9 Å². The highest BCUT2D eigenvalue weighted by atomic mass is 35.5. The number of hydrogen-bond acceptors (Lipinski definition) is 12. The van der Waals surface area contributed by atoms with E-state index < -0.39 is 54.9 Å². The Morgan fingerprint density at radius 2 is 1.43 bits per heavy atom. The molecule has 7 rings (SSSR count). The van der Waals surface area contributed by atoms with E-state index in [1.54, 1.807) is 79.9 Å². The number of esters is 2. The summed E-state index contributed by atoms with van der Waals surface area (Å²) in [6.45, 7) is 3.15. The Hall–Kier alpha value is -6.13. The van der Waals surface area contributed by atoms with Crippen LogP contribution in [-0.2, 0) is 33.4 Å². The fraction of sp³-hybridized carbons (Fsp3) is 0.292. The average Bonchev–Trinajstić information content (AvgIpc) is 3.57. The number of rotatable bonds is 16. The number of carbonyl (C=O) groups is 5. The molecule has 354 valence electrons. The lowest BCUT2D eigenvalue weighted by Crippen LogP contribution is -2.32. The Kier molecular flexibility index (Phi) is 19.4. The second kappa shape index (κ2) is 25.1. The molecule has 1 N–H and O–H groups in total. The van der Waals surface area contributed by atoms with Crippen molar-refractivity contribution in [1.29, 1.82) is 0 Å². The van der Waals surface area contributed by atoms with E-state index in [1.807, 2.05) is 6.92 Å². The Bertz CT molecular complexity index is 2600. The third-order valence-corrected chi connectivity index (χ3v) is 11.0. The molecule has 2 aliphatic rings. The summed E-state index contributed by atoms with van der Waals surface area (Å²) in [5, 5.41) is 10.7. The number of benzene rings is 4. The molecule has 5 aromatic rings. The second-order valence-corrected chi connectivity index (χ2v) is 16.3. The minimum Gasteiger partial charge on any atom is -0.480 e. The van der Waals surface area contributed by atoms with E-state index in [1.165, 1.54) is 13.2 Å². The zero-order valence-corrected chi connectivity index (χ0v) is 39.5. The molecule has 14 nitrogen and oxygen atoms in total. The summed E-state index contributed by atoms with van der Waals surface area (Å²) in [5.74, 6) is -1.83. The maximum absolute atomic E-state index is 14.5. The first kappa shape index (κ1) is 51.8. The van der Waals surface area contributed by atoms with Crippen LogP contribution in [0.3, 0.4) is 0 Å². The van der Waals surface area contributed by atoms with Crippen molar-refractivity contribution >= 4 is 92.7 Å². The summed E-state index contributed by atoms with van der Waals surface area (Å²) in [7, 11) is 1.31. The van der Waals surface area contributed by atoms with Crippen molar-refractivity contribution in [2.24, 2.45) is 0 Å². The van der Waals surface area contributed by atoms with E-state index in [-0.39, 0.29) is 16.5 Å². The van der Waals surface area contributed by atoms with Gasteiger partial charge in [0.15, 0.2) is 19.3 Å². The Balaban J connectivity index is 0.000000196. The van der Waals surface area contributed by atoms with Crippen molar-refractivity contribution in [3.63, 3.8) is 0 Å². The number of nitrogens with zero attached hydrogens (tertiary/aromatic N) is 2. The van der Waals surface area contributed by atoms with Crippen LogP contribution in [0, 0.1) is 5.82 Å². The van der Waals surface area contributed by atoms with E-state index in [2.05, 4.69) is 9.72 Å². The number of methoxy groups -OCH3 is 1. The third kappa shape index (κ3) is 14.4. The van der Waals surface area contributed by atoms with Gasteiger partial charge in [0.1, 0.15) is 40.1 Å². The molecular formula is C48H45Cl4FN2O12. The highest BCUT2D eigenvalue weighted by Gasteiger charge is 2.41.